The van der Waals surface area contributed by atoms with Gasteiger partial charge in [0.2, 0.25) is 0 Å². The Morgan fingerprint density at radius 2 is 1.72 bits per heavy atom. The molecule has 1 atom stereocenters. The van der Waals surface area contributed by atoms with Gasteiger partial charge in [0.1, 0.15) is 5.75 Å². The third-order valence-electron chi connectivity index (χ3n) is 3.92. The summed E-state index contributed by atoms with van der Waals surface area (Å²) in [5.74, 6) is 1.73. The van der Waals surface area contributed by atoms with E-state index < -0.39 is 0 Å². The average molecular weight is 343 g/mol. The first kappa shape index (κ1) is 18.6. The molecule has 0 fully saturated rings. The first-order chi connectivity index (χ1) is 12.0. The van der Waals surface area contributed by atoms with Crippen LogP contribution in [-0.4, -0.2) is 26.7 Å². The van der Waals surface area contributed by atoms with Gasteiger partial charge in [-0.1, -0.05) is 17.7 Å². The number of carbonyl (C=O) groups excluding carboxylic acids is 1. The second-order valence-corrected chi connectivity index (χ2v) is 5.74. The van der Waals surface area contributed by atoms with Gasteiger partial charge < -0.3 is 19.5 Å². The molecule has 134 valence electrons. The molecular weight excluding hydrogens is 318 g/mol. The van der Waals surface area contributed by atoms with Crippen LogP contribution in [0.15, 0.2) is 36.4 Å². The molecule has 2 rings (SSSR count). The quantitative estimate of drug-likeness (QED) is 0.828. The van der Waals surface area contributed by atoms with Gasteiger partial charge in [0.15, 0.2) is 11.5 Å². The van der Waals surface area contributed by atoms with Gasteiger partial charge >= 0.3 is 0 Å². The van der Waals surface area contributed by atoms with Crippen molar-refractivity contribution in [2.24, 2.45) is 0 Å². The van der Waals surface area contributed by atoms with E-state index in [-0.39, 0.29) is 11.9 Å². The van der Waals surface area contributed by atoms with Crippen molar-refractivity contribution in [3.8, 4) is 17.2 Å². The van der Waals surface area contributed by atoms with Gasteiger partial charge in [-0.05, 0) is 45.0 Å². The number of ether oxygens (including phenoxy) is 3. The molecule has 2 aromatic rings. The minimum absolute atomic E-state index is 0.181. The van der Waals surface area contributed by atoms with Crippen molar-refractivity contribution >= 4 is 5.91 Å². The van der Waals surface area contributed by atoms with Crippen molar-refractivity contribution in [3.05, 3.63) is 53.1 Å². The fourth-order valence-corrected chi connectivity index (χ4v) is 2.64. The first-order valence-electron chi connectivity index (χ1n) is 8.26. The van der Waals surface area contributed by atoms with E-state index >= 15 is 0 Å². The molecule has 1 N–H and O–H groups in total. The molecule has 0 heterocycles. The Kier molecular flexibility index (Phi) is 6.28. The van der Waals surface area contributed by atoms with Crippen LogP contribution < -0.4 is 19.5 Å². The Bertz CT molecular complexity index is 742. The summed E-state index contributed by atoms with van der Waals surface area (Å²) in [7, 11) is 3.20. The van der Waals surface area contributed by atoms with Crippen LogP contribution in [0.3, 0.4) is 0 Å². The van der Waals surface area contributed by atoms with E-state index in [0.717, 1.165) is 16.9 Å². The van der Waals surface area contributed by atoms with Gasteiger partial charge in [0.05, 0.1) is 26.9 Å². The van der Waals surface area contributed by atoms with Crippen LogP contribution >= 0.6 is 0 Å². The molecule has 0 saturated carbocycles. The molecule has 0 aliphatic rings. The highest BCUT2D eigenvalue weighted by Gasteiger charge is 2.17. The summed E-state index contributed by atoms with van der Waals surface area (Å²) >= 11 is 0. The number of rotatable bonds is 7. The zero-order valence-electron chi connectivity index (χ0n) is 15.4. The zero-order valence-corrected chi connectivity index (χ0v) is 15.4. The molecule has 0 aromatic heterocycles. The van der Waals surface area contributed by atoms with Crippen LogP contribution in [0.4, 0.5) is 0 Å². The normalized spacial score (nSPS) is 11.6. The van der Waals surface area contributed by atoms with Crippen molar-refractivity contribution in [1.82, 2.24) is 5.32 Å². The molecule has 5 nitrogen and oxygen atoms in total. The number of hydrogen-bond acceptors (Lipinski definition) is 4. The van der Waals surface area contributed by atoms with E-state index in [0.29, 0.717) is 23.7 Å². The summed E-state index contributed by atoms with van der Waals surface area (Å²) in [6, 6.07) is 10.9. The lowest BCUT2D eigenvalue weighted by molar-refractivity contribution is 0.0939. The van der Waals surface area contributed by atoms with Gasteiger partial charge in [0, 0.05) is 11.1 Å². The lowest BCUT2D eigenvalue weighted by Crippen LogP contribution is -2.27. The van der Waals surface area contributed by atoms with E-state index in [9.17, 15) is 4.79 Å². The van der Waals surface area contributed by atoms with Crippen molar-refractivity contribution in [2.75, 3.05) is 20.8 Å². The maximum Gasteiger partial charge on any atom is 0.251 e. The summed E-state index contributed by atoms with van der Waals surface area (Å²) in [6.45, 7) is 6.33. The zero-order chi connectivity index (χ0) is 18.4. The first-order valence-corrected chi connectivity index (χ1v) is 8.26. The summed E-state index contributed by atoms with van der Waals surface area (Å²) in [4.78, 5) is 12.6. The number of nitrogens with one attached hydrogen (secondary N) is 1. The third kappa shape index (κ3) is 4.44. The lowest BCUT2D eigenvalue weighted by atomic mass is 10.0. The molecule has 1 unspecified atom stereocenters. The van der Waals surface area contributed by atoms with Gasteiger partial charge in [-0.15, -0.1) is 0 Å². The van der Waals surface area contributed by atoms with E-state index in [1.165, 1.54) is 0 Å². The van der Waals surface area contributed by atoms with Gasteiger partial charge in [-0.2, -0.15) is 0 Å². The monoisotopic (exact) mass is 343 g/mol. The Labute approximate surface area is 148 Å². The number of benzene rings is 2. The highest BCUT2D eigenvalue weighted by molar-refractivity contribution is 5.95. The minimum atomic E-state index is -0.194. The average Bonchev–Trinajstić information content (AvgIpc) is 2.61. The Balaban J connectivity index is 2.22. The van der Waals surface area contributed by atoms with Crippen molar-refractivity contribution in [2.45, 2.75) is 26.8 Å². The molecular formula is C20H25NO4. The fraction of sp³-hybridized carbons (Fsp3) is 0.350. The second-order valence-electron chi connectivity index (χ2n) is 5.74. The third-order valence-corrected chi connectivity index (χ3v) is 3.92. The van der Waals surface area contributed by atoms with Gasteiger partial charge in [0.25, 0.3) is 5.91 Å². The molecule has 25 heavy (non-hydrogen) atoms. The summed E-state index contributed by atoms with van der Waals surface area (Å²) in [5.41, 5.74) is 2.57. The number of methoxy groups -OCH3 is 2. The van der Waals surface area contributed by atoms with Crippen LogP contribution in [-0.2, 0) is 0 Å². The second kappa shape index (κ2) is 8.42. The van der Waals surface area contributed by atoms with Crippen LogP contribution in [0.2, 0.25) is 0 Å². The smallest absolute Gasteiger partial charge is 0.251 e. The van der Waals surface area contributed by atoms with Crippen molar-refractivity contribution < 1.29 is 19.0 Å². The molecule has 0 aliphatic carbocycles. The molecule has 0 aliphatic heterocycles. The standard InChI is InChI=1S/C20H25NO4/c1-6-25-19-12-15(8-10-18(19)24-5)20(22)21-14(3)16-11-13(2)7-9-17(16)23-4/h7-12,14H,6H2,1-5H3,(H,21,22). The highest BCUT2D eigenvalue weighted by atomic mass is 16.5. The highest BCUT2D eigenvalue weighted by Crippen LogP contribution is 2.29. The molecule has 0 radical (unpaired) electrons. The summed E-state index contributed by atoms with van der Waals surface area (Å²) in [6.07, 6.45) is 0. The van der Waals surface area contributed by atoms with E-state index in [4.69, 9.17) is 14.2 Å². The number of hydrogen-bond donors (Lipinski definition) is 1. The molecule has 0 spiro atoms. The maximum atomic E-state index is 12.6. The van der Waals surface area contributed by atoms with Crippen LogP contribution in [0.5, 0.6) is 17.2 Å². The minimum Gasteiger partial charge on any atom is -0.496 e. The Morgan fingerprint density at radius 1 is 1.04 bits per heavy atom. The van der Waals surface area contributed by atoms with Gasteiger partial charge in [-0.3, -0.25) is 4.79 Å². The van der Waals surface area contributed by atoms with Crippen LogP contribution in [0.1, 0.15) is 41.4 Å². The summed E-state index contributed by atoms with van der Waals surface area (Å²) in [5, 5.41) is 3.01. The Morgan fingerprint density at radius 3 is 2.36 bits per heavy atom. The SMILES string of the molecule is CCOc1cc(C(=O)NC(C)c2cc(C)ccc2OC)ccc1OC. The van der Waals surface area contributed by atoms with Crippen molar-refractivity contribution in [3.63, 3.8) is 0 Å². The predicted molar refractivity (Wildman–Crippen MR) is 97.8 cm³/mol. The summed E-state index contributed by atoms with van der Waals surface area (Å²) < 4.78 is 16.2. The largest absolute Gasteiger partial charge is 0.496 e. The number of aryl methyl sites for hydroxylation is 1. The van der Waals surface area contributed by atoms with Gasteiger partial charge in [-0.25, -0.2) is 0 Å². The lowest BCUT2D eigenvalue weighted by Gasteiger charge is -2.18. The van der Waals surface area contributed by atoms with Crippen LogP contribution in [0.25, 0.3) is 0 Å². The van der Waals surface area contributed by atoms with E-state index in [2.05, 4.69) is 5.32 Å². The van der Waals surface area contributed by atoms with E-state index in [1.54, 1.807) is 32.4 Å². The molecule has 0 bridgehead atoms. The van der Waals surface area contributed by atoms with E-state index in [1.807, 2.05) is 39.0 Å². The van der Waals surface area contributed by atoms with Crippen molar-refractivity contribution in [1.29, 1.82) is 0 Å². The molecule has 0 saturated heterocycles. The Hall–Kier alpha value is -2.69. The number of carbonyl (C=O) groups is 1. The fourth-order valence-electron chi connectivity index (χ4n) is 2.64. The van der Waals surface area contributed by atoms with Crippen LogP contribution in [0, 0.1) is 6.92 Å². The maximum absolute atomic E-state index is 12.6. The number of amides is 1. The molecule has 2 aromatic carbocycles. The molecule has 5 heteroatoms. The molecule has 1 amide bonds. The topological polar surface area (TPSA) is 56.8 Å². The predicted octanol–water partition coefficient (Wildman–Crippen LogP) is 3.90.